The van der Waals surface area contributed by atoms with Crippen LogP contribution in [0.1, 0.15) is 12.5 Å². The Morgan fingerprint density at radius 3 is 2.70 bits per heavy atom. The van der Waals surface area contributed by atoms with Crippen LogP contribution in [0, 0.1) is 0 Å². The Hall–Kier alpha value is -2.71. The van der Waals surface area contributed by atoms with Crippen LogP contribution in [0.25, 0.3) is 0 Å². The number of hydrogen-bond donors (Lipinski definition) is 3. The van der Waals surface area contributed by atoms with Crippen LogP contribution < -0.4 is 20.1 Å². The standard InChI is InChI=1S/C19H20N2O5S/c1-19(24,12-6-7-15-16(8-12)26-11-25-15)10-20-17(22)18(23)21-13-4-3-5-14(9-13)27-2/h3-9,24H,10-11H2,1-2H3,(H,20,22)(H,21,23). The first kappa shape index (κ1) is 19.1. The molecule has 0 aromatic heterocycles. The monoisotopic (exact) mass is 388 g/mol. The quantitative estimate of drug-likeness (QED) is 0.536. The fourth-order valence-corrected chi connectivity index (χ4v) is 3.01. The van der Waals surface area contributed by atoms with Crippen LogP contribution in [-0.4, -0.2) is 36.5 Å². The van der Waals surface area contributed by atoms with Gasteiger partial charge in [-0.25, -0.2) is 0 Å². The first-order valence-electron chi connectivity index (χ1n) is 8.25. The number of ether oxygens (including phenoxy) is 2. The van der Waals surface area contributed by atoms with Crippen molar-refractivity contribution in [3.8, 4) is 11.5 Å². The number of carbonyl (C=O) groups excluding carboxylic acids is 2. The number of fused-ring (bicyclic) bond motifs is 1. The number of hydrogen-bond acceptors (Lipinski definition) is 6. The van der Waals surface area contributed by atoms with Crippen LogP contribution in [0.15, 0.2) is 47.4 Å². The third-order valence-corrected chi connectivity index (χ3v) is 4.85. The van der Waals surface area contributed by atoms with Crippen LogP contribution in [0.5, 0.6) is 11.5 Å². The molecule has 1 aliphatic heterocycles. The molecule has 2 aromatic rings. The molecule has 0 bridgehead atoms. The molecule has 0 saturated heterocycles. The van der Waals surface area contributed by atoms with Crippen molar-refractivity contribution in [1.29, 1.82) is 0 Å². The molecule has 0 saturated carbocycles. The second-order valence-corrected chi connectivity index (χ2v) is 7.09. The van der Waals surface area contributed by atoms with Gasteiger partial charge in [0.05, 0.1) is 6.54 Å². The Balaban J connectivity index is 1.59. The van der Waals surface area contributed by atoms with Crippen molar-refractivity contribution in [2.75, 3.05) is 24.9 Å². The van der Waals surface area contributed by atoms with Crippen molar-refractivity contribution in [2.45, 2.75) is 17.4 Å². The van der Waals surface area contributed by atoms with E-state index in [1.165, 1.54) is 11.8 Å². The Bertz CT molecular complexity index is 869. The van der Waals surface area contributed by atoms with Crippen molar-refractivity contribution in [1.82, 2.24) is 5.32 Å². The molecule has 3 rings (SSSR count). The topological polar surface area (TPSA) is 96.9 Å². The molecule has 1 unspecified atom stereocenters. The van der Waals surface area contributed by atoms with E-state index in [1.807, 2.05) is 12.3 Å². The first-order chi connectivity index (χ1) is 12.9. The van der Waals surface area contributed by atoms with Gasteiger partial charge in [0, 0.05) is 10.6 Å². The Kier molecular flexibility index (Phi) is 5.57. The summed E-state index contributed by atoms with van der Waals surface area (Å²) >= 11 is 1.53. The van der Waals surface area contributed by atoms with Gasteiger partial charge in [0.15, 0.2) is 11.5 Å². The van der Waals surface area contributed by atoms with Crippen LogP contribution in [0.4, 0.5) is 5.69 Å². The fourth-order valence-electron chi connectivity index (χ4n) is 2.55. The van der Waals surface area contributed by atoms with Crippen LogP contribution in [0.2, 0.25) is 0 Å². The minimum Gasteiger partial charge on any atom is -0.454 e. The molecule has 142 valence electrons. The number of benzene rings is 2. The normalized spacial score (nSPS) is 14.3. The lowest BCUT2D eigenvalue weighted by molar-refractivity contribution is -0.136. The number of rotatable bonds is 5. The summed E-state index contributed by atoms with van der Waals surface area (Å²) in [4.78, 5) is 25.1. The molecule has 2 amide bonds. The number of thioether (sulfide) groups is 1. The maximum Gasteiger partial charge on any atom is 0.313 e. The van der Waals surface area contributed by atoms with Crippen molar-refractivity contribution in [3.63, 3.8) is 0 Å². The molecule has 1 aliphatic rings. The van der Waals surface area contributed by atoms with E-state index in [0.29, 0.717) is 22.7 Å². The van der Waals surface area contributed by atoms with E-state index >= 15 is 0 Å². The minimum atomic E-state index is -1.38. The minimum absolute atomic E-state index is 0.134. The SMILES string of the molecule is CSc1cccc(NC(=O)C(=O)NCC(C)(O)c2ccc3c(c2)OCO3)c1. The third kappa shape index (κ3) is 4.53. The summed E-state index contributed by atoms with van der Waals surface area (Å²) in [6, 6.07) is 12.2. The van der Waals surface area contributed by atoms with Crippen LogP contribution in [0.3, 0.4) is 0 Å². The molecule has 27 heavy (non-hydrogen) atoms. The number of amides is 2. The average molecular weight is 388 g/mol. The Morgan fingerprint density at radius 2 is 1.93 bits per heavy atom. The summed E-state index contributed by atoms with van der Waals surface area (Å²) in [6.45, 7) is 1.55. The lowest BCUT2D eigenvalue weighted by Gasteiger charge is -2.24. The fraction of sp³-hybridized carbons (Fsp3) is 0.263. The van der Waals surface area contributed by atoms with Crippen molar-refractivity contribution >= 4 is 29.3 Å². The average Bonchev–Trinajstić information content (AvgIpc) is 3.14. The van der Waals surface area contributed by atoms with Gasteiger partial charge in [0.2, 0.25) is 6.79 Å². The lowest BCUT2D eigenvalue weighted by Crippen LogP contribution is -2.43. The summed E-state index contributed by atoms with van der Waals surface area (Å²) in [6.07, 6.45) is 1.92. The summed E-state index contributed by atoms with van der Waals surface area (Å²) in [7, 11) is 0. The Labute approximate surface area is 161 Å². The van der Waals surface area contributed by atoms with E-state index in [4.69, 9.17) is 9.47 Å². The molecule has 2 aromatic carbocycles. The molecule has 1 atom stereocenters. The second kappa shape index (κ2) is 7.89. The zero-order valence-electron chi connectivity index (χ0n) is 14.9. The number of carbonyl (C=O) groups is 2. The molecule has 7 nitrogen and oxygen atoms in total. The highest BCUT2D eigenvalue weighted by Crippen LogP contribution is 2.35. The zero-order valence-corrected chi connectivity index (χ0v) is 15.8. The van der Waals surface area contributed by atoms with Gasteiger partial charge in [-0.2, -0.15) is 0 Å². The highest BCUT2D eigenvalue weighted by atomic mass is 32.2. The summed E-state index contributed by atoms with van der Waals surface area (Å²) < 4.78 is 10.5. The molecule has 0 fully saturated rings. The number of anilines is 1. The molecule has 0 aliphatic carbocycles. The number of nitrogens with one attached hydrogen (secondary N) is 2. The molecular formula is C19H20N2O5S. The predicted molar refractivity (Wildman–Crippen MR) is 102 cm³/mol. The van der Waals surface area contributed by atoms with E-state index in [9.17, 15) is 14.7 Å². The second-order valence-electron chi connectivity index (χ2n) is 6.21. The van der Waals surface area contributed by atoms with E-state index in [0.717, 1.165) is 4.90 Å². The number of aliphatic hydroxyl groups is 1. The lowest BCUT2D eigenvalue weighted by atomic mass is 9.95. The highest BCUT2D eigenvalue weighted by Gasteiger charge is 2.27. The van der Waals surface area contributed by atoms with E-state index in [1.54, 1.807) is 43.3 Å². The van der Waals surface area contributed by atoms with Gasteiger partial charge in [0.1, 0.15) is 5.60 Å². The largest absolute Gasteiger partial charge is 0.454 e. The molecule has 8 heteroatoms. The maximum atomic E-state index is 12.1. The van der Waals surface area contributed by atoms with Crippen LogP contribution in [-0.2, 0) is 15.2 Å². The van der Waals surface area contributed by atoms with Crippen LogP contribution >= 0.6 is 11.8 Å². The zero-order chi connectivity index (χ0) is 19.4. The molecular weight excluding hydrogens is 368 g/mol. The van der Waals surface area contributed by atoms with Crippen molar-refractivity contribution < 1.29 is 24.2 Å². The summed E-state index contributed by atoms with van der Waals surface area (Å²) in [5, 5.41) is 15.7. The van der Waals surface area contributed by atoms with Gasteiger partial charge in [-0.3, -0.25) is 9.59 Å². The van der Waals surface area contributed by atoms with Gasteiger partial charge in [-0.05, 0) is 49.1 Å². The molecule has 1 heterocycles. The van der Waals surface area contributed by atoms with Gasteiger partial charge in [-0.15, -0.1) is 11.8 Å². The predicted octanol–water partition coefficient (Wildman–Crippen LogP) is 2.10. The molecule has 0 spiro atoms. The van der Waals surface area contributed by atoms with Crippen molar-refractivity contribution in [2.24, 2.45) is 0 Å². The molecule has 0 radical (unpaired) electrons. The summed E-state index contributed by atoms with van der Waals surface area (Å²) in [5.74, 6) is -0.490. The highest BCUT2D eigenvalue weighted by molar-refractivity contribution is 7.98. The Morgan fingerprint density at radius 1 is 1.15 bits per heavy atom. The van der Waals surface area contributed by atoms with E-state index in [-0.39, 0.29) is 13.3 Å². The van der Waals surface area contributed by atoms with Gasteiger partial charge >= 0.3 is 11.8 Å². The van der Waals surface area contributed by atoms with Gasteiger partial charge in [-0.1, -0.05) is 12.1 Å². The van der Waals surface area contributed by atoms with E-state index < -0.39 is 17.4 Å². The van der Waals surface area contributed by atoms with E-state index in [2.05, 4.69) is 10.6 Å². The summed E-state index contributed by atoms with van der Waals surface area (Å²) in [5.41, 5.74) is -0.306. The maximum absolute atomic E-state index is 12.1. The van der Waals surface area contributed by atoms with Gasteiger partial charge < -0.3 is 25.2 Å². The first-order valence-corrected chi connectivity index (χ1v) is 9.47. The third-order valence-electron chi connectivity index (χ3n) is 4.12. The smallest absolute Gasteiger partial charge is 0.313 e. The van der Waals surface area contributed by atoms with Gasteiger partial charge in [0.25, 0.3) is 0 Å². The van der Waals surface area contributed by atoms with Crippen molar-refractivity contribution in [3.05, 3.63) is 48.0 Å². The molecule has 3 N–H and O–H groups in total.